The maximum atomic E-state index is 10.3. The minimum absolute atomic E-state index is 0.447. The molecule has 1 rings (SSSR count). The summed E-state index contributed by atoms with van der Waals surface area (Å²) in [7, 11) is 0. The maximum Gasteiger partial charge on any atom is 0.123 e. The Balaban J connectivity index is 2.88. The summed E-state index contributed by atoms with van der Waals surface area (Å²) in [6.07, 6.45) is 7.17. The standard InChI is InChI=1S/C15H18O2/c1-3-13(8-5-6-11-16)14-9-7-10-15(12-14)17-4-2/h3,5,7-12H,4,6H2,1-2H3/b8-5-,13-3+. The number of rotatable bonds is 6. The van der Waals surface area contributed by atoms with Crippen LogP contribution in [0.5, 0.6) is 5.75 Å². The van der Waals surface area contributed by atoms with E-state index in [0.29, 0.717) is 13.0 Å². The number of benzene rings is 1. The zero-order chi connectivity index (χ0) is 12.5. The highest BCUT2D eigenvalue weighted by Crippen LogP contribution is 2.21. The number of aldehydes is 1. The van der Waals surface area contributed by atoms with Crippen LogP contribution >= 0.6 is 0 Å². The Morgan fingerprint density at radius 3 is 2.88 bits per heavy atom. The molecule has 0 unspecified atom stereocenters. The molecular weight excluding hydrogens is 212 g/mol. The number of ether oxygens (including phenoxy) is 1. The molecule has 0 aromatic heterocycles. The molecule has 0 atom stereocenters. The van der Waals surface area contributed by atoms with Crippen LogP contribution in [0.25, 0.3) is 5.57 Å². The van der Waals surface area contributed by atoms with Crippen molar-refractivity contribution in [3.05, 3.63) is 48.1 Å². The van der Waals surface area contributed by atoms with Crippen molar-refractivity contribution < 1.29 is 9.53 Å². The number of hydrogen-bond donors (Lipinski definition) is 0. The van der Waals surface area contributed by atoms with Crippen LogP contribution in [0.1, 0.15) is 25.8 Å². The molecule has 0 amide bonds. The highest BCUT2D eigenvalue weighted by Gasteiger charge is 1.99. The van der Waals surface area contributed by atoms with Gasteiger partial charge in [0.15, 0.2) is 0 Å². The summed E-state index contributed by atoms with van der Waals surface area (Å²) in [5.41, 5.74) is 2.19. The summed E-state index contributed by atoms with van der Waals surface area (Å²) in [6, 6.07) is 7.94. The van der Waals surface area contributed by atoms with E-state index in [-0.39, 0.29) is 0 Å². The van der Waals surface area contributed by atoms with Crippen LogP contribution in [0.3, 0.4) is 0 Å². The van der Waals surface area contributed by atoms with Gasteiger partial charge in [0.05, 0.1) is 6.61 Å². The number of allylic oxidation sites excluding steroid dienone is 4. The Hall–Kier alpha value is -1.83. The molecule has 2 heteroatoms. The lowest BCUT2D eigenvalue weighted by molar-refractivity contribution is -0.107. The first kappa shape index (κ1) is 13.2. The van der Waals surface area contributed by atoms with E-state index in [1.807, 2.05) is 56.3 Å². The lowest BCUT2D eigenvalue weighted by Gasteiger charge is -2.06. The number of carbonyl (C=O) groups is 1. The van der Waals surface area contributed by atoms with Crippen LogP contribution < -0.4 is 4.74 Å². The van der Waals surface area contributed by atoms with Gasteiger partial charge in [-0.25, -0.2) is 0 Å². The largest absolute Gasteiger partial charge is 0.494 e. The minimum Gasteiger partial charge on any atom is -0.494 e. The third-order valence-corrected chi connectivity index (χ3v) is 2.32. The third kappa shape index (κ3) is 4.27. The predicted octanol–water partition coefficient (Wildman–Crippen LogP) is 3.63. The van der Waals surface area contributed by atoms with Gasteiger partial charge in [0.25, 0.3) is 0 Å². The monoisotopic (exact) mass is 230 g/mol. The van der Waals surface area contributed by atoms with Crippen LogP contribution in [0.2, 0.25) is 0 Å². The first-order valence-corrected chi connectivity index (χ1v) is 5.81. The molecule has 2 nitrogen and oxygen atoms in total. The Morgan fingerprint density at radius 2 is 2.24 bits per heavy atom. The first-order chi connectivity index (χ1) is 8.31. The zero-order valence-electron chi connectivity index (χ0n) is 10.3. The second-order valence-corrected chi connectivity index (χ2v) is 3.51. The molecule has 17 heavy (non-hydrogen) atoms. The van der Waals surface area contributed by atoms with Gasteiger partial charge in [-0.05, 0) is 37.1 Å². The summed E-state index contributed by atoms with van der Waals surface area (Å²) >= 11 is 0. The fourth-order valence-corrected chi connectivity index (χ4v) is 1.54. The SMILES string of the molecule is C/C=C(\C=C/CC=O)c1cccc(OCC)c1. The van der Waals surface area contributed by atoms with Gasteiger partial charge in [-0.3, -0.25) is 0 Å². The van der Waals surface area contributed by atoms with Gasteiger partial charge in [0.1, 0.15) is 12.0 Å². The van der Waals surface area contributed by atoms with Gasteiger partial charge in [0, 0.05) is 6.42 Å². The molecule has 0 heterocycles. The van der Waals surface area contributed by atoms with Crippen molar-refractivity contribution in [3.63, 3.8) is 0 Å². The molecule has 0 saturated heterocycles. The van der Waals surface area contributed by atoms with Crippen molar-refractivity contribution in [1.82, 2.24) is 0 Å². The summed E-state index contributed by atoms with van der Waals surface area (Å²) in [6.45, 7) is 4.61. The Morgan fingerprint density at radius 1 is 1.41 bits per heavy atom. The molecule has 1 aromatic carbocycles. The molecule has 0 saturated carbocycles. The van der Waals surface area contributed by atoms with E-state index >= 15 is 0 Å². The van der Waals surface area contributed by atoms with Crippen LogP contribution in [0, 0.1) is 0 Å². The summed E-state index contributed by atoms with van der Waals surface area (Å²) in [5, 5.41) is 0. The molecule has 0 aliphatic heterocycles. The lowest BCUT2D eigenvalue weighted by Crippen LogP contribution is -1.92. The molecule has 0 radical (unpaired) electrons. The molecule has 0 aliphatic carbocycles. The van der Waals surface area contributed by atoms with Gasteiger partial charge in [0.2, 0.25) is 0 Å². The molecule has 0 aliphatic rings. The molecule has 0 fully saturated rings. The Labute approximate surface area is 103 Å². The summed E-state index contributed by atoms with van der Waals surface area (Å²) < 4.78 is 5.46. The smallest absolute Gasteiger partial charge is 0.123 e. The van der Waals surface area contributed by atoms with Crippen molar-refractivity contribution in [3.8, 4) is 5.75 Å². The van der Waals surface area contributed by atoms with Crippen molar-refractivity contribution in [1.29, 1.82) is 0 Å². The van der Waals surface area contributed by atoms with Crippen molar-refractivity contribution in [2.24, 2.45) is 0 Å². The van der Waals surface area contributed by atoms with E-state index in [2.05, 4.69) is 0 Å². The molecule has 0 N–H and O–H groups in total. The van der Waals surface area contributed by atoms with E-state index in [0.717, 1.165) is 23.2 Å². The Kier molecular flexibility index (Phi) is 5.80. The number of carbonyl (C=O) groups excluding carboxylic acids is 1. The van der Waals surface area contributed by atoms with Crippen LogP contribution in [0.15, 0.2) is 42.5 Å². The van der Waals surface area contributed by atoms with Crippen molar-refractivity contribution >= 4 is 11.9 Å². The first-order valence-electron chi connectivity index (χ1n) is 5.81. The van der Waals surface area contributed by atoms with Crippen LogP contribution in [-0.4, -0.2) is 12.9 Å². The second kappa shape index (κ2) is 7.44. The quantitative estimate of drug-likeness (QED) is 0.551. The highest BCUT2D eigenvalue weighted by atomic mass is 16.5. The molecule has 90 valence electrons. The van der Waals surface area contributed by atoms with E-state index < -0.39 is 0 Å². The average molecular weight is 230 g/mol. The maximum absolute atomic E-state index is 10.3. The van der Waals surface area contributed by atoms with E-state index in [1.165, 1.54) is 0 Å². The summed E-state index contributed by atoms with van der Waals surface area (Å²) in [5.74, 6) is 0.869. The molecule has 1 aromatic rings. The predicted molar refractivity (Wildman–Crippen MR) is 71.1 cm³/mol. The highest BCUT2D eigenvalue weighted by molar-refractivity contribution is 5.75. The van der Waals surface area contributed by atoms with Crippen LogP contribution in [-0.2, 0) is 4.79 Å². The van der Waals surface area contributed by atoms with Gasteiger partial charge in [-0.15, -0.1) is 0 Å². The third-order valence-electron chi connectivity index (χ3n) is 2.32. The molecular formula is C15H18O2. The van der Waals surface area contributed by atoms with Gasteiger partial charge in [-0.2, -0.15) is 0 Å². The summed E-state index contributed by atoms with van der Waals surface area (Å²) in [4.78, 5) is 10.3. The average Bonchev–Trinajstić information content (AvgIpc) is 2.35. The van der Waals surface area contributed by atoms with E-state index in [1.54, 1.807) is 0 Å². The minimum atomic E-state index is 0.447. The fraction of sp³-hybridized carbons (Fsp3) is 0.267. The van der Waals surface area contributed by atoms with Gasteiger partial charge < -0.3 is 9.53 Å². The van der Waals surface area contributed by atoms with Crippen molar-refractivity contribution in [2.75, 3.05) is 6.61 Å². The lowest BCUT2D eigenvalue weighted by atomic mass is 10.0. The van der Waals surface area contributed by atoms with Gasteiger partial charge >= 0.3 is 0 Å². The van der Waals surface area contributed by atoms with E-state index in [9.17, 15) is 4.79 Å². The fourth-order valence-electron chi connectivity index (χ4n) is 1.54. The van der Waals surface area contributed by atoms with E-state index in [4.69, 9.17) is 4.74 Å². The normalized spacial score (nSPS) is 11.8. The Bertz CT molecular complexity index is 417. The second-order valence-electron chi connectivity index (χ2n) is 3.51. The molecule has 0 spiro atoms. The topological polar surface area (TPSA) is 26.3 Å². The van der Waals surface area contributed by atoms with Crippen molar-refractivity contribution in [2.45, 2.75) is 20.3 Å². The molecule has 0 bridgehead atoms. The zero-order valence-corrected chi connectivity index (χ0v) is 10.3. The number of hydrogen-bond acceptors (Lipinski definition) is 2. The van der Waals surface area contributed by atoms with Crippen LogP contribution in [0.4, 0.5) is 0 Å². The van der Waals surface area contributed by atoms with Gasteiger partial charge in [-0.1, -0.05) is 30.4 Å².